The van der Waals surface area contributed by atoms with Crippen LogP contribution in [0.4, 0.5) is 34.1 Å². The summed E-state index contributed by atoms with van der Waals surface area (Å²) in [5, 5.41) is 3.18. The quantitative estimate of drug-likeness (QED) is 0.166. The van der Waals surface area contributed by atoms with Crippen LogP contribution in [0.25, 0.3) is 0 Å². The van der Waals surface area contributed by atoms with Crippen LogP contribution in [0, 0.1) is 0 Å². The molecule has 0 amide bonds. The standard InChI is InChI=1S/C48H57BN2Si/c1-45(2,3)30-21-23-34(24-22-30)50-36-17-15-18-37-42(36)49-43-38(51(37)35-26-31(46(4,5)6)25-32(27-35)47(7,8)9)19-16-20-40(43)52(13,14)41-29-33(48(10,11)12)28-39(50)44(41)49/h15-29H,1-14H3. The maximum absolute atomic E-state index is 2.63. The second kappa shape index (κ2) is 11.0. The Hall–Kier alpha value is -4.02. The van der Waals surface area contributed by atoms with Crippen molar-refractivity contribution in [1.29, 1.82) is 0 Å². The Morgan fingerprint density at radius 3 is 1.37 bits per heavy atom. The van der Waals surface area contributed by atoms with Crippen LogP contribution in [0.2, 0.25) is 13.1 Å². The van der Waals surface area contributed by atoms with E-state index in [-0.39, 0.29) is 28.4 Å². The summed E-state index contributed by atoms with van der Waals surface area (Å²) >= 11 is 0. The van der Waals surface area contributed by atoms with Crippen molar-refractivity contribution >= 4 is 75.7 Å². The largest absolute Gasteiger partial charge is 0.311 e. The van der Waals surface area contributed by atoms with Gasteiger partial charge in [0.05, 0.1) is 0 Å². The van der Waals surface area contributed by atoms with E-state index >= 15 is 0 Å². The number of rotatable bonds is 2. The zero-order chi connectivity index (χ0) is 37.5. The SMILES string of the molecule is CC(C)(C)c1ccc(N2c3cccc4c3B3c5c(cccc5[Si](C)(C)c5cc(C(C)(C)C)cc2c53)N4c2cc(C(C)(C)C)cc(C(C)(C)C)c2)cc1. The van der Waals surface area contributed by atoms with Crippen LogP contribution in [0.15, 0.2) is 91.0 Å². The number of benzene rings is 5. The van der Waals surface area contributed by atoms with Gasteiger partial charge >= 0.3 is 0 Å². The van der Waals surface area contributed by atoms with Gasteiger partial charge < -0.3 is 9.80 Å². The molecule has 0 bridgehead atoms. The molecule has 5 aromatic rings. The zero-order valence-electron chi connectivity index (χ0n) is 34.1. The molecule has 3 aliphatic rings. The Morgan fingerprint density at radius 1 is 0.404 bits per heavy atom. The van der Waals surface area contributed by atoms with E-state index in [9.17, 15) is 0 Å². The lowest BCUT2D eigenvalue weighted by Gasteiger charge is -2.50. The molecule has 2 nitrogen and oxygen atoms in total. The number of nitrogens with zero attached hydrogens (tertiary/aromatic N) is 2. The van der Waals surface area contributed by atoms with E-state index in [1.807, 2.05) is 0 Å². The highest BCUT2D eigenvalue weighted by molar-refractivity contribution is 7.16. The fourth-order valence-corrected chi connectivity index (χ4v) is 12.2. The van der Waals surface area contributed by atoms with Gasteiger partial charge in [-0.2, -0.15) is 0 Å². The first-order valence-corrected chi connectivity index (χ1v) is 22.4. The van der Waals surface area contributed by atoms with Gasteiger partial charge in [0.15, 0.2) is 0 Å². The first-order chi connectivity index (χ1) is 24.1. The van der Waals surface area contributed by atoms with Crippen molar-refractivity contribution in [3.8, 4) is 0 Å². The van der Waals surface area contributed by atoms with E-state index < -0.39 is 8.07 Å². The lowest BCUT2D eigenvalue weighted by atomic mass is 9.33. The molecule has 0 saturated carbocycles. The van der Waals surface area contributed by atoms with Gasteiger partial charge in [0, 0.05) is 34.1 Å². The number of hydrogen-bond acceptors (Lipinski definition) is 2. The first kappa shape index (κ1) is 35.0. The van der Waals surface area contributed by atoms with Gasteiger partial charge in [-0.25, -0.2) is 0 Å². The van der Waals surface area contributed by atoms with Crippen LogP contribution in [-0.4, -0.2) is 14.8 Å². The van der Waals surface area contributed by atoms with Gasteiger partial charge in [-0.3, -0.25) is 0 Å². The molecular weight excluding hydrogens is 643 g/mol. The molecule has 0 spiro atoms. The van der Waals surface area contributed by atoms with Gasteiger partial charge in [0.2, 0.25) is 0 Å². The Morgan fingerprint density at radius 2 is 0.846 bits per heavy atom. The molecule has 0 aliphatic carbocycles. The van der Waals surface area contributed by atoms with Crippen molar-refractivity contribution in [2.24, 2.45) is 0 Å². The molecule has 0 saturated heterocycles. The average Bonchev–Trinajstić information content (AvgIpc) is 3.05. The van der Waals surface area contributed by atoms with Gasteiger partial charge in [0.25, 0.3) is 6.71 Å². The number of anilines is 6. The van der Waals surface area contributed by atoms with E-state index in [1.165, 1.54) is 72.8 Å². The van der Waals surface area contributed by atoms with E-state index in [4.69, 9.17) is 0 Å². The van der Waals surface area contributed by atoms with E-state index in [0.717, 1.165) is 0 Å². The molecule has 8 rings (SSSR count). The second-order valence-corrected chi connectivity index (χ2v) is 24.8. The third-order valence-electron chi connectivity index (χ3n) is 12.2. The monoisotopic (exact) mass is 700 g/mol. The summed E-state index contributed by atoms with van der Waals surface area (Å²) in [4.78, 5) is 5.24. The minimum absolute atomic E-state index is 0.0179. The summed E-state index contributed by atoms with van der Waals surface area (Å²) in [6.45, 7) is 33.5. The predicted molar refractivity (Wildman–Crippen MR) is 232 cm³/mol. The van der Waals surface area contributed by atoms with Gasteiger partial charge in [-0.15, -0.1) is 0 Å². The van der Waals surface area contributed by atoms with Crippen molar-refractivity contribution in [3.63, 3.8) is 0 Å². The molecular formula is C48H57BN2Si. The Kier molecular flexibility index (Phi) is 7.42. The van der Waals surface area contributed by atoms with E-state index in [0.29, 0.717) is 0 Å². The van der Waals surface area contributed by atoms with Crippen molar-refractivity contribution in [1.82, 2.24) is 0 Å². The van der Waals surface area contributed by atoms with Gasteiger partial charge in [-0.1, -0.05) is 149 Å². The predicted octanol–water partition coefficient (Wildman–Crippen LogP) is 10.1. The topological polar surface area (TPSA) is 6.48 Å². The highest BCUT2D eigenvalue weighted by Gasteiger charge is 2.52. The molecule has 0 N–H and O–H groups in total. The Bertz CT molecular complexity index is 2240. The molecule has 0 aromatic heterocycles. The summed E-state index contributed by atoms with van der Waals surface area (Å²) in [6, 6.07) is 36.3. The minimum Gasteiger partial charge on any atom is -0.311 e. The molecule has 4 heteroatoms. The zero-order valence-corrected chi connectivity index (χ0v) is 35.1. The van der Waals surface area contributed by atoms with Crippen molar-refractivity contribution < 1.29 is 0 Å². The third-order valence-corrected chi connectivity index (χ3v) is 15.8. The summed E-state index contributed by atoms with van der Waals surface area (Å²) in [7, 11) is -2.15. The van der Waals surface area contributed by atoms with Gasteiger partial charge in [-0.05, 0) is 109 Å². The summed E-state index contributed by atoms with van der Waals surface area (Å²) in [6.07, 6.45) is 0. The lowest BCUT2D eigenvalue weighted by molar-refractivity contribution is 0.569. The smallest absolute Gasteiger partial charge is 0.251 e. The second-order valence-electron chi connectivity index (χ2n) is 20.4. The lowest BCUT2D eigenvalue weighted by Crippen LogP contribution is -2.79. The van der Waals surface area contributed by atoms with E-state index in [1.54, 1.807) is 10.4 Å². The normalized spacial score (nSPS) is 15.9. The fraction of sp³-hybridized carbons (Fsp3) is 0.375. The molecule has 0 unspecified atom stereocenters. The van der Waals surface area contributed by atoms with Crippen LogP contribution in [-0.2, 0) is 21.7 Å². The van der Waals surface area contributed by atoms with Crippen LogP contribution >= 0.6 is 0 Å². The first-order valence-electron chi connectivity index (χ1n) is 19.4. The van der Waals surface area contributed by atoms with Crippen molar-refractivity contribution in [2.45, 2.75) is 118 Å². The van der Waals surface area contributed by atoms with Crippen molar-refractivity contribution in [2.75, 3.05) is 9.80 Å². The highest BCUT2D eigenvalue weighted by atomic mass is 28.3. The maximum atomic E-state index is 2.63. The average molecular weight is 701 g/mol. The Balaban J connectivity index is 1.49. The van der Waals surface area contributed by atoms with Crippen LogP contribution in [0.5, 0.6) is 0 Å². The maximum Gasteiger partial charge on any atom is 0.251 e. The van der Waals surface area contributed by atoms with E-state index in [2.05, 4.69) is 197 Å². The summed E-state index contributed by atoms with van der Waals surface area (Å²) < 4.78 is 0. The Labute approximate surface area is 315 Å². The van der Waals surface area contributed by atoms with Crippen molar-refractivity contribution in [3.05, 3.63) is 113 Å². The van der Waals surface area contributed by atoms with Crippen LogP contribution < -0.4 is 36.6 Å². The van der Waals surface area contributed by atoms with Crippen LogP contribution in [0.1, 0.15) is 105 Å². The fourth-order valence-electron chi connectivity index (χ4n) is 9.01. The molecule has 3 aliphatic heterocycles. The molecule has 5 aromatic carbocycles. The van der Waals surface area contributed by atoms with Crippen LogP contribution in [0.3, 0.4) is 0 Å². The summed E-state index contributed by atoms with van der Waals surface area (Å²) in [5.74, 6) is 0. The number of hydrogen-bond donors (Lipinski definition) is 0. The third kappa shape index (κ3) is 5.18. The molecule has 0 fully saturated rings. The molecule has 0 atom stereocenters. The molecule has 266 valence electrons. The highest BCUT2D eigenvalue weighted by Crippen LogP contribution is 2.47. The molecule has 0 radical (unpaired) electrons. The summed E-state index contributed by atoms with van der Waals surface area (Å²) in [5.41, 5.74) is 18.0. The van der Waals surface area contributed by atoms with Gasteiger partial charge in [0.1, 0.15) is 8.07 Å². The minimum atomic E-state index is -2.15. The molecule has 52 heavy (non-hydrogen) atoms. The molecule has 3 heterocycles.